The fourth-order valence-electron chi connectivity index (χ4n) is 4.21. The number of aromatic nitrogens is 3. The van der Waals surface area contributed by atoms with Crippen LogP contribution in [-0.2, 0) is 26.1 Å². The van der Waals surface area contributed by atoms with Gasteiger partial charge in [0.15, 0.2) is 5.76 Å². The topological polar surface area (TPSA) is 131 Å². The Morgan fingerprint density at radius 2 is 1.90 bits per heavy atom. The highest BCUT2D eigenvalue weighted by Crippen LogP contribution is 2.38. The molecular weight excluding hydrogens is 558 g/mol. The predicted molar refractivity (Wildman–Crippen MR) is 166 cm³/mol. The number of ether oxygens (including phenoxy) is 1. The molecule has 42 heavy (non-hydrogen) atoms. The molecule has 0 aliphatic heterocycles. The average Bonchev–Trinajstić information content (AvgIpc) is 3.36. The summed E-state index contributed by atoms with van der Waals surface area (Å²) in [5.74, 6) is -0.883. The average molecular weight is 597 g/mol. The summed E-state index contributed by atoms with van der Waals surface area (Å²) in [5.41, 5.74) is 2.89. The lowest BCUT2D eigenvalue weighted by Gasteiger charge is -2.26. The molecule has 13 heteroatoms. The lowest BCUT2D eigenvalue weighted by molar-refractivity contribution is -0.114. The second-order valence-corrected chi connectivity index (χ2v) is 11.4. The summed E-state index contributed by atoms with van der Waals surface area (Å²) in [6, 6.07) is 12.1. The third kappa shape index (κ3) is 7.17. The van der Waals surface area contributed by atoms with Crippen LogP contribution in [0.4, 0.5) is 23.0 Å². The summed E-state index contributed by atoms with van der Waals surface area (Å²) in [5, 5.41) is 6.51. The highest BCUT2D eigenvalue weighted by Gasteiger charge is 2.20. The fraction of sp³-hybridized carbons (Fsp3) is 0.276. The van der Waals surface area contributed by atoms with Crippen LogP contribution >= 0.6 is 0 Å². The molecule has 0 saturated carbocycles. The van der Waals surface area contributed by atoms with Crippen LogP contribution in [0.1, 0.15) is 4.11 Å². The Labute approximate surface area is 249 Å². The number of nitrogens with one attached hydrogen (secondary N) is 2. The highest BCUT2D eigenvalue weighted by atomic mass is 32.2. The third-order valence-electron chi connectivity index (χ3n) is 6.26. The zero-order valence-corrected chi connectivity index (χ0v) is 24.8. The van der Waals surface area contributed by atoms with Gasteiger partial charge in [0, 0.05) is 66.2 Å². The molecule has 4 aromatic rings. The molecule has 2 aromatic heterocycles. The van der Waals surface area contributed by atoms with E-state index in [9.17, 15) is 13.2 Å². The standard InChI is InChI=1S/C29H35N7O5S/c1-19(41-42(7,38)39)28(37)31-23-16-24(27(40-6)17-26(23)35(4)15-14-34(2)3)33-29-30-13-12-22(32-29)21-18-36(5)25-11-9-8-10-20(21)25/h8-13,16-18H,1,14-15H2,2-7H3,(H,31,37)(H,30,32,33)/i5D3. The molecule has 2 N–H and O–H groups in total. The Bertz CT molecular complexity index is 1840. The third-order valence-corrected chi connectivity index (χ3v) is 6.76. The number of carbonyl (C=O) groups is 1. The summed E-state index contributed by atoms with van der Waals surface area (Å²) in [6.45, 7) is 2.34. The minimum Gasteiger partial charge on any atom is -0.494 e. The van der Waals surface area contributed by atoms with Crippen LogP contribution in [0, 0.1) is 0 Å². The Morgan fingerprint density at radius 3 is 2.60 bits per heavy atom. The Balaban J connectivity index is 1.74. The Morgan fingerprint density at radius 1 is 1.14 bits per heavy atom. The van der Waals surface area contributed by atoms with Crippen molar-refractivity contribution in [1.29, 1.82) is 0 Å². The molecular formula is C29H35N7O5S. The highest BCUT2D eigenvalue weighted by molar-refractivity contribution is 7.86. The van der Waals surface area contributed by atoms with Crippen molar-refractivity contribution in [2.24, 2.45) is 6.98 Å². The van der Waals surface area contributed by atoms with E-state index in [1.807, 2.05) is 43.1 Å². The van der Waals surface area contributed by atoms with Gasteiger partial charge < -0.3 is 33.9 Å². The number of anilines is 4. The normalized spacial score (nSPS) is 12.8. The van der Waals surface area contributed by atoms with Crippen molar-refractivity contribution < 1.29 is 26.2 Å². The minimum absolute atomic E-state index is 0.173. The lowest BCUT2D eigenvalue weighted by Crippen LogP contribution is -2.29. The maximum absolute atomic E-state index is 12.9. The number of fused-ring (bicyclic) bond motifs is 1. The van der Waals surface area contributed by atoms with Gasteiger partial charge >= 0.3 is 10.1 Å². The molecule has 0 bridgehead atoms. The number of nitrogens with zero attached hydrogens (tertiary/aromatic N) is 5. The number of likely N-dealkylation sites (N-methyl/N-ethyl adjacent to an activating group) is 2. The molecule has 12 nitrogen and oxygen atoms in total. The van der Waals surface area contributed by atoms with E-state index in [0.29, 0.717) is 58.1 Å². The van der Waals surface area contributed by atoms with Crippen molar-refractivity contribution in [3.8, 4) is 17.0 Å². The van der Waals surface area contributed by atoms with E-state index >= 15 is 0 Å². The number of methoxy groups -OCH3 is 1. The first-order chi connectivity index (χ1) is 21.1. The maximum Gasteiger partial charge on any atom is 0.306 e. The molecule has 0 spiro atoms. The molecule has 2 heterocycles. The minimum atomic E-state index is -3.97. The van der Waals surface area contributed by atoms with Gasteiger partial charge in [-0.1, -0.05) is 18.2 Å². The van der Waals surface area contributed by atoms with Crippen LogP contribution in [0.15, 0.2) is 67.2 Å². The molecule has 0 aliphatic rings. The summed E-state index contributed by atoms with van der Waals surface area (Å²) < 4.78 is 58.6. The molecule has 4 rings (SSSR count). The van der Waals surface area contributed by atoms with Gasteiger partial charge in [0.2, 0.25) is 5.95 Å². The summed E-state index contributed by atoms with van der Waals surface area (Å²) in [4.78, 5) is 25.8. The molecule has 0 atom stereocenters. The summed E-state index contributed by atoms with van der Waals surface area (Å²) in [7, 11) is 3.23. The quantitative estimate of drug-likeness (QED) is 0.141. The van der Waals surface area contributed by atoms with E-state index < -0.39 is 28.8 Å². The predicted octanol–water partition coefficient (Wildman–Crippen LogP) is 3.81. The van der Waals surface area contributed by atoms with Crippen molar-refractivity contribution in [2.75, 3.05) is 63.1 Å². The number of hydrogen-bond donors (Lipinski definition) is 2. The molecule has 0 radical (unpaired) electrons. The van der Waals surface area contributed by atoms with Gasteiger partial charge in [0.25, 0.3) is 5.91 Å². The van der Waals surface area contributed by atoms with Crippen LogP contribution in [0.2, 0.25) is 0 Å². The number of amides is 1. The monoisotopic (exact) mass is 596 g/mol. The number of carbonyl (C=O) groups excluding carboxylic acids is 1. The summed E-state index contributed by atoms with van der Waals surface area (Å²) in [6.07, 6.45) is 3.90. The van der Waals surface area contributed by atoms with Crippen LogP contribution in [0.25, 0.3) is 22.2 Å². The molecule has 1 amide bonds. The molecule has 2 aromatic carbocycles. The molecule has 0 saturated heterocycles. The smallest absolute Gasteiger partial charge is 0.306 e. The van der Waals surface area contributed by atoms with Gasteiger partial charge in [-0.15, -0.1) is 0 Å². The Hall–Kier alpha value is -4.62. The number of aryl methyl sites for hydroxylation is 1. The van der Waals surface area contributed by atoms with E-state index in [1.54, 1.807) is 36.5 Å². The van der Waals surface area contributed by atoms with Crippen molar-refractivity contribution in [3.05, 3.63) is 67.2 Å². The first-order valence-corrected chi connectivity index (χ1v) is 14.6. The first kappa shape index (κ1) is 26.3. The van der Waals surface area contributed by atoms with E-state index in [-0.39, 0.29) is 5.95 Å². The molecule has 222 valence electrons. The van der Waals surface area contributed by atoms with Crippen molar-refractivity contribution in [1.82, 2.24) is 19.4 Å². The SMILES string of the molecule is [2H]C([2H])([2H])n1cc(-c2ccnc(Nc3cc(NC(=O)C(=C)OS(C)(=O)=O)c(N(C)CCN(C)C)cc3OC)n2)c2ccccc21. The van der Waals surface area contributed by atoms with Gasteiger partial charge in [-0.05, 0) is 38.9 Å². The van der Waals surface area contributed by atoms with Gasteiger partial charge in [-0.25, -0.2) is 9.97 Å². The number of rotatable bonds is 12. The van der Waals surface area contributed by atoms with Crippen LogP contribution in [0.3, 0.4) is 0 Å². The zero-order chi connectivity index (χ0) is 33.1. The van der Waals surface area contributed by atoms with Crippen LogP contribution in [0.5, 0.6) is 5.75 Å². The summed E-state index contributed by atoms with van der Waals surface area (Å²) >= 11 is 0. The largest absolute Gasteiger partial charge is 0.494 e. The molecule has 0 fully saturated rings. The number of benzene rings is 2. The maximum atomic E-state index is 12.9. The fourth-order valence-corrected chi connectivity index (χ4v) is 4.65. The van der Waals surface area contributed by atoms with Crippen LogP contribution < -0.4 is 20.3 Å². The Kier molecular flexibility index (Phi) is 7.82. The zero-order valence-electron chi connectivity index (χ0n) is 27.0. The van der Waals surface area contributed by atoms with Crippen molar-refractivity contribution >= 4 is 49.9 Å². The molecule has 0 aliphatic carbocycles. The van der Waals surface area contributed by atoms with Gasteiger partial charge in [0.1, 0.15) is 5.75 Å². The van der Waals surface area contributed by atoms with Crippen molar-refractivity contribution in [2.45, 2.75) is 0 Å². The second kappa shape index (κ2) is 12.5. The van der Waals surface area contributed by atoms with Crippen LogP contribution in [-0.4, -0.2) is 81.4 Å². The molecule has 0 unspecified atom stereocenters. The van der Waals surface area contributed by atoms with E-state index in [1.165, 1.54) is 17.9 Å². The number of hydrogen-bond acceptors (Lipinski definition) is 10. The van der Waals surface area contributed by atoms with Gasteiger partial charge in [-0.2, -0.15) is 8.42 Å². The van der Waals surface area contributed by atoms with E-state index in [2.05, 4.69) is 31.4 Å². The first-order valence-electron chi connectivity index (χ1n) is 14.3. The van der Waals surface area contributed by atoms with E-state index in [4.69, 9.17) is 8.85 Å². The van der Waals surface area contributed by atoms with Gasteiger partial charge in [0.05, 0.1) is 36.1 Å². The lowest BCUT2D eigenvalue weighted by atomic mass is 10.1. The number of para-hydroxylation sites is 1. The van der Waals surface area contributed by atoms with E-state index in [0.717, 1.165) is 6.26 Å². The van der Waals surface area contributed by atoms with Crippen molar-refractivity contribution in [3.63, 3.8) is 0 Å². The van der Waals surface area contributed by atoms with Gasteiger partial charge in [-0.3, -0.25) is 4.79 Å². The second-order valence-electron chi connectivity index (χ2n) is 9.78.